The van der Waals surface area contributed by atoms with Crippen molar-refractivity contribution in [1.82, 2.24) is 9.88 Å². The number of hydrogen-bond donors (Lipinski definition) is 2. The summed E-state index contributed by atoms with van der Waals surface area (Å²) in [7, 11) is 0. The van der Waals surface area contributed by atoms with E-state index in [9.17, 15) is 9.90 Å². The van der Waals surface area contributed by atoms with Crippen LogP contribution in [-0.2, 0) is 10.2 Å². The minimum atomic E-state index is -0.936. The standard InChI is InChI=1S/C14H23N3O2S/c1-10(8-17-6-4-5-7-17)15-13-16-11(9-20-13)14(2,3)12(18)19/h9-10H,4-8H2,1-3H3,(H,15,16)(H,18,19). The second kappa shape index (κ2) is 6.10. The summed E-state index contributed by atoms with van der Waals surface area (Å²) < 4.78 is 0. The molecule has 0 saturated carbocycles. The van der Waals surface area contributed by atoms with Gasteiger partial charge in [0.1, 0.15) is 5.41 Å². The van der Waals surface area contributed by atoms with Crippen molar-refractivity contribution in [2.24, 2.45) is 0 Å². The third-order valence-electron chi connectivity index (χ3n) is 3.78. The third kappa shape index (κ3) is 3.49. The lowest BCUT2D eigenvalue weighted by molar-refractivity contribution is -0.142. The van der Waals surface area contributed by atoms with Crippen molar-refractivity contribution in [3.05, 3.63) is 11.1 Å². The van der Waals surface area contributed by atoms with E-state index in [0.717, 1.165) is 11.7 Å². The van der Waals surface area contributed by atoms with Crippen molar-refractivity contribution in [2.75, 3.05) is 25.0 Å². The van der Waals surface area contributed by atoms with Gasteiger partial charge in [-0.05, 0) is 46.7 Å². The maximum absolute atomic E-state index is 11.2. The normalized spacial score (nSPS) is 18.1. The number of nitrogens with one attached hydrogen (secondary N) is 1. The number of aliphatic carboxylic acids is 1. The molecule has 2 heterocycles. The van der Waals surface area contributed by atoms with Gasteiger partial charge >= 0.3 is 5.97 Å². The molecule has 1 aromatic heterocycles. The highest BCUT2D eigenvalue weighted by Gasteiger charge is 2.32. The highest BCUT2D eigenvalue weighted by atomic mass is 32.1. The van der Waals surface area contributed by atoms with E-state index in [2.05, 4.69) is 22.1 Å². The molecule has 2 rings (SSSR count). The van der Waals surface area contributed by atoms with E-state index < -0.39 is 11.4 Å². The summed E-state index contributed by atoms with van der Waals surface area (Å²) in [6.45, 7) is 8.88. The Morgan fingerprint density at radius 1 is 1.55 bits per heavy atom. The molecule has 1 aliphatic rings. The first-order chi connectivity index (χ1) is 9.39. The number of thiazole rings is 1. The molecular formula is C14H23N3O2S. The molecule has 6 heteroatoms. The van der Waals surface area contributed by atoms with E-state index in [1.807, 2.05) is 5.38 Å². The molecule has 112 valence electrons. The summed E-state index contributed by atoms with van der Waals surface area (Å²) in [6.07, 6.45) is 2.59. The van der Waals surface area contributed by atoms with Crippen molar-refractivity contribution < 1.29 is 9.90 Å². The Bertz CT molecular complexity index is 467. The first kappa shape index (κ1) is 15.3. The molecule has 1 aromatic rings. The Balaban J connectivity index is 1.93. The summed E-state index contributed by atoms with van der Waals surface area (Å²) in [5, 5.41) is 15.2. The first-order valence-electron chi connectivity index (χ1n) is 7.08. The van der Waals surface area contributed by atoms with Crippen LogP contribution in [0.1, 0.15) is 39.3 Å². The summed E-state index contributed by atoms with van der Waals surface area (Å²) >= 11 is 1.48. The number of carboxylic acids is 1. The van der Waals surface area contributed by atoms with Crippen LogP contribution in [0.15, 0.2) is 5.38 Å². The smallest absolute Gasteiger partial charge is 0.315 e. The molecule has 0 amide bonds. The number of hydrogen-bond acceptors (Lipinski definition) is 5. The van der Waals surface area contributed by atoms with Gasteiger partial charge in [0.2, 0.25) is 0 Å². The number of rotatable bonds is 6. The molecule has 0 bridgehead atoms. The van der Waals surface area contributed by atoms with Crippen LogP contribution in [0.3, 0.4) is 0 Å². The van der Waals surface area contributed by atoms with Crippen molar-refractivity contribution >= 4 is 22.4 Å². The number of anilines is 1. The fourth-order valence-electron chi connectivity index (χ4n) is 2.35. The van der Waals surface area contributed by atoms with E-state index in [4.69, 9.17) is 0 Å². The van der Waals surface area contributed by atoms with Gasteiger partial charge in [0.25, 0.3) is 0 Å². The largest absolute Gasteiger partial charge is 0.481 e. The van der Waals surface area contributed by atoms with Gasteiger partial charge in [-0.1, -0.05) is 0 Å². The maximum atomic E-state index is 11.2. The van der Waals surface area contributed by atoms with Crippen LogP contribution in [0, 0.1) is 0 Å². The van der Waals surface area contributed by atoms with Gasteiger partial charge < -0.3 is 15.3 Å². The van der Waals surface area contributed by atoms with Crippen LogP contribution in [0.2, 0.25) is 0 Å². The minimum absolute atomic E-state index is 0.319. The van der Waals surface area contributed by atoms with Crippen molar-refractivity contribution in [3.63, 3.8) is 0 Å². The van der Waals surface area contributed by atoms with E-state index in [1.165, 1.54) is 37.3 Å². The summed E-state index contributed by atoms with van der Waals surface area (Å²) in [5.74, 6) is -0.848. The summed E-state index contributed by atoms with van der Waals surface area (Å²) in [5.41, 5.74) is -0.319. The topological polar surface area (TPSA) is 65.5 Å². The van der Waals surface area contributed by atoms with E-state index in [1.54, 1.807) is 13.8 Å². The molecule has 1 fully saturated rings. The van der Waals surface area contributed by atoms with Crippen LogP contribution in [0.4, 0.5) is 5.13 Å². The average Bonchev–Trinajstić information content (AvgIpc) is 3.00. The molecule has 0 aromatic carbocycles. The van der Waals surface area contributed by atoms with Gasteiger partial charge in [0, 0.05) is 18.0 Å². The van der Waals surface area contributed by atoms with Crippen LogP contribution in [0.5, 0.6) is 0 Å². The first-order valence-corrected chi connectivity index (χ1v) is 7.96. The fraction of sp³-hybridized carbons (Fsp3) is 0.714. The van der Waals surface area contributed by atoms with Gasteiger partial charge in [0.05, 0.1) is 5.69 Å². The van der Waals surface area contributed by atoms with Crippen LogP contribution < -0.4 is 5.32 Å². The SMILES string of the molecule is CC(CN1CCCC1)Nc1nc(C(C)(C)C(=O)O)cs1. The second-order valence-corrected chi connectivity index (χ2v) is 6.88. The molecule has 1 unspecified atom stereocenters. The van der Waals surface area contributed by atoms with Gasteiger partial charge in [-0.25, -0.2) is 4.98 Å². The van der Waals surface area contributed by atoms with Crippen molar-refractivity contribution in [1.29, 1.82) is 0 Å². The number of carbonyl (C=O) groups is 1. The summed E-state index contributed by atoms with van der Waals surface area (Å²) in [4.78, 5) is 18.1. The van der Waals surface area contributed by atoms with E-state index in [-0.39, 0.29) is 0 Å². The molecular weight excluding hydrogens is 274 g/mol. The molecule has 1 aliphatic heterocycles. The van der Waals surface area contributed by atoms with Crippen molar-refractivity contribution in [2.45, 2.75) is 45.1 Å². The Hall–Kier alpha value is -1.14. The van der Waals surface area contributed by atoms with E-state index in [0.29, 0.717) is 11.7 Å². The molecule has 0 spiro atoms. The Morgan fingerprint density at radius 2 is 2.20 bits per heavy atom. The van der Waals surface area contributed by atoms with Crippen LogP contribution >= 0.6 is 11.3 Å². The zero-order valence-corrected chi connectivity index (χ0v) is 13.2. The minimum Gasteiger partial charge on any atom is -0.481 e. The molecule has 5 nitrogen and oxygen atoms in total. The third-order valence-corrected chi connectivity index (χ3v) is 4.55. The monoisotopic (exact) mass is 297 g/mol. The van der Waals surface area contributed by atoms with Gasteiger partial charge in [-0.3, -0.25) is 4.79 Å². The highest BCUT2D eigenvalue weighted by molar-refractivity contribution is 7.13. The zero-order chi connectivity index (χ0) is 14.8. The molecule has 0 aliphatic carbocycles. The van der Waals surface area contributed by atoms with Crippen molar-refractivity contribution in [3.8, 4) is 0 Å². The lowest BCUT2D eigenvalue weighted by Gasteiger charge is -2.21. The maximum Gasteiger partial charge on any atom is 0.315 e. The molecule has 2 N–H and O–H groups in total. The summed E-state index contributed by atoms with van der Waals surface area (Å²) in [6, 6.07) is 0.319. The quantitative estimate of drug-likeness (QED) is 0.844. The number of aromatic nitrogens is 1. The van der Waals surface area contributed by atoms with Gasteiger partial charge in [0.15, 0.2) is 5.13 Å². The number of likely N-dealkylation sites (tertiary alicyclic amines) is 1. The Kier molecular flexibility index (Phi) is 4.65. The lowest BCUT2D eigenvalue weighted by atomic mass is 9.90. The zero-order valence-electron chi connectivity index (χ0n) is 12.3. The lowest BCUT2D eigenvalue weighted by Crippen LogP contribution is -2.33. The molecule has 0 radical (unpaired) electrons. The highest BCUT2D eigenvalue weighted by Crippen LogP contribution is 2.27. The van der Waals surface area contributed by atoms with Gasteiger partial charge in [-0.15, -0.1) is 11.3 Å². The van der Waals surface area contributed by atoms with Crippen LogP contribution in [0.25, 0.3) is 0 Å². The predicted octanol–water partition coefficient (Wildman–Crippen LogP) is 2.40. The van der Waals surface area contributed by atoms with Crippen LogP contribution in [-0.4, -0.2) is 46.6 Å². The Labute approximate surface area is 124 Å². The fourth-order valence-corrected chi connectivity index (χ4v) is 3.34. The number of nitrogens with zero attached hydrogens (tertiary/aromatic N) is 2. The van der Waals surface area contributed by atoms with Gasteiger partial charge in [-0.2, -0.15) is 0 Å². The second-order valence-electron chi connectivity index (χ2n) is 6.02. The average molecular weight is 297 g/mol. The molecule has 1 saturated heterocycles. The Morgan fingerprint density at radius 3 is 2.80 bits per heavy atom. The van der Waals surface area contributed by atoms with E-state index >= 15 is 0 Å². The predicted molar refractivity (Wildman–Crippen MR) is 81.5 cm³/mol. The number of carboxylic acid groups (broad SMARTS) is 1. The molecule has 20 heavy (non-hydrogen) atoms. The molecule has 1 atom stereocenters.